The summed E-state index contributed by atoms with van der Waals surface area (Å²) in [6.07, 6.45) is 0.853. The number of hydrogen-bond donors (Lipinski definition) is 2. The van der Waals surface area contributed by atoms with Crippen molar-refractivity contribution in [2.45, 2.75) is 51.8 Å². The maximum absolute atomic E-state index is 11.1. The van der Waals surface area contributed by atoms with Gasteiger partial charge in [0.25, 0.3) is 0 Å². The van der Waals surface area contributed by atoms with Crippen LogP contribution in [0.15, 0.2) is 30.3 Å². The van der Waals surface area contributed by atoms with Crippen LogP contribution in [0.5, 0.6) is 0 Å². The van der Waals surface area contributed by atoms with Crippen molar-refractivity contribution in [3.63, 3.8) is 0 Å². The third kappa shape index (κ3) is 2.32. The second kappa shape index (κ2) is 5.02. The summed E-state index contributed by atoms with van der Waals surface area (Å²) in [5.74, 6) is 0.300. The van der Waals surface area contributed by atoms with E-state index in [1.807, 2.05) is 18.2 Å². The predicted octanol–water partition coefficient (Wildman–Crippen LogP) is 1.60. The number of hydrogen-bond acceptors (Lipinski definition) is 1. The molecule has 0 amide bonds. The highest BCUT2D eigenvalue weighted by molar-refractivity contribution is 5.23. The van der Waals surface area contributed by atoms with E-state index in [2.05, 4.69) is 39.8 Å². The lowest BCUT2D eigenvalue weighted by atomic mass is 9.74. The molecule has 1 saturated heterocycles. The van der Waals surface area contributed by atoms with E-state index in [1.165, 1.54) is 0 Å². The summed E-state index contributed by atoms with van der Waals surface area (Å²) in [6, 6.07) is 11.3. The lowest BCUT2D eigenvalue weighted by Gasteiger charge is -2.46. The van der Waals surface area contributed by atoms with Gasteiger partial charge in [0.1, 0.15) is 5.60 Å². The molecule has 0 aromatic heterocycles. The Labute approximate surface area is 111 Å². The summed E-state index contributed by atoms with van der Waals surface area (Å²) in [7, 11) is 0. The lowest BCUT2D eigenvalue weighted by molar-refractivity contribution is -0.955. The maximum Gasteiger partial charge on any atom is 0.103 e. The Kier molecular flexibility index (Phi) is 3.79. The van der Waals surface area contributed by atoms with Gasteiger partial charge in [-0.1, -0.05) is 37.3 Å². The molecule has 2 nitrogen and oxygen atoms in total. The van der Waals surface area contributed by atoms with Crippen LogP contribution in [0.3, 0.4) is 0 Å². The van der Waals surface area contributed by atoms with Crippen LogP contribution in [0.2, 0.25) is 0 Å². The van der Waals surface area contributed by atoms with Gasteiger partial charge in [-0.2, -0.15) is 0 Å². The third-order valence-corrected chi connectivity index (χ3v) is 4.62. The Hall–Kier alpha value is -0.860. The van der Waals surface area contributed by atoms with Gasteiger partial charge in [-0.3, -0.25) is 0 Å². The van der Waals surface area contributed by atoms with E-state index >= 15 is 0 Å². The molecule has 100 valence electrons. The smallest absolute Gasteiger partial charge is 0.103 e. The van der Waals surface area contributed by atoms with Gasteiger partial charge in [0, 0.05) is 12.3 Å². The number of benzene rings is 1. The highest BCUT2D eigenvalue weighted by Crippen LogP contribution is 2.35. The van der Waals surface area contributed by atoms with E-state index in [1.54, 1.807) is 4.90 Å². The van der Waals surface area contributed by atoms with Crippen LogP contribution in [-0.2, 0) is 5.60 Å². The predicted molar refractivity (Wildman–Crippen MR) is 74.5 cm³/mol. The molecule has 0 radical (unpaired) electrons. The quantitative estimate of drug-likeness (QED) is 0.816. The van der Waals surface area contributed by atoms with Crippen molar-refractivity contribution in [3.05, 3.63) is 35.9 Å². The first-order chi connectivity index (χ1) is 8.45. The second-order valence-electron chi connectivity index (χ2n) is 6.23. The van der Waals surface area contributed by atoms with Gasteiger partial charge in [0.2, 0.25) is 0 Å². The second-order valence-corrected chi connectivity index (χ2v) is 6.23. The van der Waals surface area contributed by atoms with E-state index in [0.717, 1.165) is 18.5 Å². The first-order valence-corrected chi connectivity index (χ1v) is 7.08. The van der Waals surface area contributed by atoms with E-state index in [9.17, 15) is 5.11 Å². The summed E-state index contributed by atoms with van der Waals surface area (Å²) >= 11 is 0. The van der Waals surface area contributed by atoms with Crippen molar-refractivity contribution in [1.29, 1.82) is 0 Å². The molecule has 2 N–H and O–H groups in total. The minimum atomic E-state index is -0.654. The Morgan fingerprint density at radius 1 is 1.22 bits per heavy atom. The zero-order valence-electron chi connectivity index (χ0n) is 12.0. The first-order valence-electron chi connectivity index (χ1n) is 7.08. The molecule has 0 aliphatic carbocycles. The van der Waals surface area contributed by atoms with Crippen LogP contribution in [0, 0.1) is 5.92 Å². The molecule has 1 aromatic carbocycles. The first kappa shape index (κ1) is 13.6. The topological polar surface area (TPSA) is 24.7 Å². The van der Waals surface area contributed by atoms with Gasteiger partial charge >= 0.3 is 0 Å². The number of likely N-dealkylation sites (tertiary alicyclic amines) is 1. The molecule has 1 fully saturated rings. The standard InChI is InChI=1S/C16H25NO/c1-12(2)17-11-13(3)16(18,10-14(17)4)15-8-6-5-7-9-15/h5-9,12-14,18H,10-11H2,1-4H3/p+1/t13-,14+,16-/m1/s1. The van der Waals surface area contributed by atoms with Gasteiger partial charge in [-0.05, 0) is 26.3 Å². The average molecular weight is 248 g/mol. The van der Waals surface area contributed by atoms with E-state index in [0.29, 0.717) is 18.0 Å². The van der Waals surface area contributed by atoms with Gasteiger partial charge in [0.15, 0.2) is 0 Å². The lowest BCUT2D eigenvalue weighted by Crippen LogP contribution is -3.20. The third-order valence-electron chi connectivity index (χ3n) is 4.62. The molecule has 0 bridgehead atoms. The van der Waals surface area contributed by atoms with Gasteiger partial charge in [-0.15, -0.1) is 0 Å². The van der Waals surface area contributed by atoms with Crippen LogP contribution in [0.25, 0.3) is 0 Å². The number of rotatable bonds is 2. The van der Waals surface area contributed by atoms with E-state index in [4.69, 9.17) is 0 Å². The monoisotopic (exact) mass is 248 g/mol. The van der Waals surface area contributed by atoms with E-state index < -0.39 is 5.60 Å². The van der Waals surface area contributed by atoms with Crippen LogP contribution in [0.4, 0.5) is 0 Å². The summed E-state index contributed by atoms with van der Waals surface area (Å²) in [5, 5.41) is 11.1. The normalized spacial score (nSPS) is 36.9. The fraction of sp³-hybridized carbons (Fsp3) is 0.625. The van der Waals surface area contributed by atoms with E-state index in [-0.39, 0.29) is 0 Å². The van der Waals surface area contributed by atoms with Crippen molar-refractivity contribution in [2.24, 2.45) is 5.92 Å². The van der Waals surface area contributed by atoms with Crippen molar-refractivity contribution in [1.82, 2.24) is 0 Å². The van der Waals surface area contributed by atoms with Gasteiger partial charge < -0.3 is 10.0 Å². The SMILES string of the molecule is CC(C)[NH+]1C[C@@H](C)[C@@](O)(c2ccccc2)C[C@@H]1C. The fourth-order valence-electron chi connectivity index (χ4n) is 3.46. The molecule has 0 spiro atoms. The van der Waals surface area contributed by atoms with Gasteiger partial charge in [-0.25, -0.2) is 0 Å². The Balaban J connectivity index is 2.26. The highest BCUT2D eigenvalue weighted by Gasteiger charge is 2.46. The largest absolute Gasteiger partial charge is 0.384 e. The minimum Gasteiger partial charge on any atom is -0.384 e. The maximum atomic E-state index is 11.1. The summed E-state index contributed by atoms with van der Waals surface area (Å²) in [4.78, 5) is 1.61. The van der Waals surface area contributed by atoms with Crippen molar-refractivity contribution in [3.8, 4) is 0 Å². The highest BCUT2D eigenvalue weighted by atomic mass is 16.3. The Morgan fingerprint density at radius 2 is 1.83 bits per heavy atom. The van der Waals surface area contributed by atoms with Crippen molar-refractivity contribution < 1.29 is 10.0 Å². The zero-order valence-corrected chi connectivity index (χ0v) is 12.0. The Bertz CT molecular complexity index is 389. The molecular formula is C16H26NO+. The van der Waals surface area contributed by atoms with Crippen molar-refractivity contribution >= 4 is 0 Å². The molecule has 1 unspecified atom stereocenters. The number of piperidine rings is 1. The fourth-order valence-corrected chi connectivity index (χ4v) is 3.46. The number of quaternary nitrogens is 1. The van der Waals surface area contributed by atoms with Crippen LogP contribution < -0.4 is 4.90 Å². The molecule has 1 aliphatic rings. The van der Waals surface area contributed by atoms with Crippen LogP contribution in [0.1, 0.15) is 39.7 Å². The summed E-state index contributed by atoms with van der Waals surface area (Å²) in [6.45, 7) is 10.0. The number of aliphatic hydroxyl groups is 1. The Morgan fingerprint density at radius 3 is 2.39 bits per heavy atom. The number of nitrogens with one attached hydrogen (secondary N) is 1. The van der Waals surface area contributed by atoms with Gasteiger partial charge in [0.05, 0.1) is 18.6 Å². The molecule has 2 heteroatoms. The average Bonchev–Trinajstić information content (AvgIpc) is 2.34. The van der Waals surface area contributed by atoms with Crippen LogP contribution >= 0.6 is 0 Å². The zero-order chi connectivity index (χ0) is 13.3. The molecule has 1 heterocycles. The molecule has 1 aromatic rings. The van der Waals surface area contributed by atoms with Crippen LogP contribution in [-0.4, -0.2) is 23.7 Å². The molecule has 0 saturated carbocycles. The molecule has 4 atom stereocenters. The molecule has 2 rings (SSSR count). The summed E-state index contributed by atoms with van der Waals surface area (Å²) < 4.78 is 0. The minimum absolute atomic E-state index is 0.300. The van der Waals surface area contributed by atoms with Crippen molar-refractivity contribution in [2.75, 3.05) is 6.54 Å². The molecule has 18 heavy (non-hydrogen) atoms. The molecule has 1 aliphatic heterocycles. The molecular weight excluding hydrogens is 222 g/mol. The summed E-state index contributed by atoms with van der Waals surface area (Å²) in [5.41, 5.74) is 0.422.